The van der Waals surface area contributed by atoms with Gasteiger partial charge >= 0.3 is 0 Å². The molecular weight excluding hydrogens is 166 g/mol. The number of aliphatic hydroxyl groups is 1. The molecule has 0 spiro atoms. The van der Waals surface area contributed by atoms with Crippen molar-refractivity contribution in [2.24, 2.45) is 0 Å². The highest BCUT2D eigenvalue weighted by atomic mass is 16.3. The number of nitrogens with one attached hydrogen (secondary N) is 1. The molecule has 0 saturated heterocycles. The SMILES string of the molecule is CCn1cc(C(C)(O)CNC)cn1. The zero-order valence-electron chi connectivity index (χ0n) is 8.41. The molecule has 0 fully saturated rings. The first kappa shape index (κ1) is 10.2. The van der Waals surface area contributed by atoms with E-state index in [4.69, 9.17) is 0 Å². The van der Waals surface area contributed by atoms with E-state index in [1.54, 1.807) is 17.8 Å². The van der Waals surface area contributed by atoms with Crippen LogP contribution in [0.3, 0.4) is 0 Å². The van der Waals surface area contributed by atoms with Gasteiger partial charge in [0.05, 0.1) is 6.20 Å². The maximum absolute atomic E-state index is 9.98. The van der Waals surface area contributed by atoms with Crippen molar-refractivity contribution in [2.75, 3.05) is 13.6 Å². The molecule has 1 unspecified atom stereocenters. The van der Waals surface area contributed by atoms with Gasteiger partial charge in [-0.25, -0.2) is 0 Å². The number of likely N-dealkylation sites (N-methyl/N-ethyl adjacent to an activating group) is 1. The summed E-state index contributed by atoms with van der Waals surface area (Å²) in [5, 5.41) is 17.0. The van der Waals surface area contributed by atoms with Gasteiger partial charge in [-0.2, -0.15) is 5.10 Å². The highest BCUT2D eigenvalue weighted by molar-refractivity contribution is 5.14. The van der Waals surface area contributed by atoms with Crippen molar-refractivity contribution in [3.8, 4) is 0 Å². The van der Waals surface area contributed by atoms with Crippen molar-refractivity contribution in [3.05, 3.63) is 18.0 Å². The first-order chi connectivity index (χ1) is 6.10. The first-order valence-electron chi connectivity index (χ1n) is 4.50. The zero-order valence-corrected chi connectivity index (χ0v) is 8.41. The average molecular weight is 183 g/mol. The van der Waals surface area contributed by atoms with E-state index in [1.165, 1.54) is 0 Å². The van der Waals surface area contributed by atoms with Gasteiger partial charge in [0, 0.05) is 24.8 Å². The van der Waals surface area contributed by atoms with E-state index >= 15 is 0 Å². The maximum Gasteiger partial charge on any atom is 0.102 e. The summed E-state index contributed by atoms with van der Waals surface area (Å²) < 4.78 is 1.81. The molecule has 1 atom stereocenters. The number of hydrogen-bond donors (Lipinski definition) is 2. The standard InChI is InChI=1S/C9H17N3O/c1-4-12-6-8(5-11-12)9(2,13)7-10-3/h5-6,10,13H,4,7H2,1-3H3. The maximum atomic E-state index is 9.98. The average Bonchev–Trinajstić information content (AvgIpc) is 2.52. The molecule has 2 N–H and O–H groups in total. The summed E-state index contributed by atoms with van der Waals surface area (Å²) in [6.45, 7) is 5.15. The van der Waals surface area contributed by atoms with E-state index in [-0.39, 0.29) is 0 Å². The molecule has 4 heteroatoms. The minimum atomic E-state index is -0.831. The third-order valence-electron chi connectivity index (χ3n) is 2.10. The summed E-state index contributed by atoms with van der Waals surface area (Å²) >= 11 is 0. The molecule has 0 aliphatic rings. The molecule has 74 valence electrons. The Morgan fingerprint density at radius 3 is 2.85 bits per heavy atom. The highest BCUT2D eigenvalue weighted by Crippen LogP contribution is 2.18. The Morgan fingerprint density at radius 1 is 1.69 bits per heavy atom. The van der Waals surface area contributed by atoms with Crippen molar-refractivity contribution in [1.82, 2.24) is 15.1 Å². The molecule has 0 radical (unpaired) electrons. The van der Waals surface area contributed by atoms with E-state index in [0.29, 0.717) is 6.54 Å². The normalized spacial score (nSPS) is 15.7. The second kappa shape index (κ2) is 3.89. The molecule has 0 saturated carbocycles. The van der Waals surface area contributed by atoms with Crippen LogP contribution in [0.1, 0.15) is 19.4 Å². The predicted molar refractivity (Wildman–Crippen MR) is 51.4 cm³/mol. The fraction of sp³-hybridized carbons (Fsp3) is 0.667. The first-order valence-corrected chi connectivity index (χ1v) is 4.50. The lowest BCUT2D eigenvalue weighted by atomic mass is 10.00. The molecule has 0 aliphatic carbocycles. The molecule has 1 aromatic heterocycles. The summed E-state index contributed by atoms with van der Waals surface area (Å²) in [4.78, 5) is 0. The van der Waals surface area contributed by atoms with Gasteiger partial charge in [-0.1, -0.05) is 0 Å². The predicted octanol–water partition coefficient (Wildman–Crippen LogP) is 0.330. The minimum absolute atomic E-state index is 0.530. The molecule has 0 amide bonds. The Hall–Kier alpha value is -0.870. The molecule has 0 bridgehead atoms. The largest absolute Gasteiger partial charge is 0.384 e. The van der Waals surface area contributed by atoms with E-state index < -0.39 is 5.60 Å². The summed E-state index contributed by atoms with van der Waals surface area (Å²) in [5.41, 5.74) is 0.0195. The second-order valence-corrected chi connectivity index (χ2v) is 3.39. The van der Waals surface area contributed by atoms with Crippen molar-refractivity contribution in [3.63, 3.8) is 0 Å². The van der Waals surface area contributed by atoms with E-state index in [2.05, 4.69) is 10.4 Å². The number of aromatic nitrogens is 2. The smallest absolute Gasteiger partial charge is 0.102 e. The number of aryl methyl sites for hydroxylation is 1. The lowest BCUT2D eigenvalue weighted by Gasteiger charge is -2.20. The van der Waals surface area contributed by atoms with E-state index in [9.17, 15) is 5.11 Å². The van der Waals surface area contributed by atoms with E-state index in [0.717, 1.165) is 12.1 Å². The van der Waals surface area contributed by atoms with Gasteiger partial charge in [0.2, 0.25) is 0 Å². The van der Waals surface area contributed by atoms with Crippen LogP contribution >= 0.6 is 0 Å². The molecule has 1 heterocycles. The highest BCUT2D eigenvalue weighted by Gasteiger charge is 2.23. The van der Waals surface area contributed by atoms with Gasteiger partial charge in [0.1, 0.15) is 5.60 Å². The summed E-state index contributed by atoms with van der Waals surface area (Å²) in [5.74, 6) is 0. The molecule has 0 aliphatic heterocycles. The topological polar surface area (TPSA) is 50.1 Å². The van der Waals surface area contributed by atoms with Crippen LogP contribution in [0.15, 0.2) is 12.4 Å². The molecular formula is C9H17N3O. The molecule has 1 aromatic rings. The van der Waals surface area contributed by atoms with Crippen LogP contribution in [0.4, 0.5) is 0 Å². The van der Waals surface area contributed by atoms with Crippen molar-refractivity contribution in [1.29, 1.82) is 0 Å². The van der Waals surface area contributed by atoms with Crippen molar-refractivity contribution >= 4 is 0 Å². The fourth-order valence-electron chi connectivity index (χ4n) is 1.26. The van der Waals surface area contributed by atoms with Crippen molar-refractivity contribution in [2.45, 2.75) is 26.0 Å². The summed E-state index contributed by atoms with van der Waals surface area (Å²) in [6, 6.07) is 0. The van der Waals surface area contributed by atoms with Gasteiger partial charge in [0.25, 0.3) is 0 Å². The number of hydrogen-bond acceptors (Lipinski definition) is 3. The van der Waals surface area contributed by atoms with Crippen molar-refractivity contribution < 1.29 is 5.11 Å². The van der Waals surface area contributed by atoms with E-state index in [1.807, 2.05) is 20.2 Å². The quantitative estimate of drug-likeness (QED) is 0.707. The monoisotopic (exact) mass is 183 g/mol. The zero-order chi connectivity index (χ0) is 9.90. The van der Waals surface area contributed by atoms with Crippen LogP contribution in [-0.4, -0.2) is 28.5 Å². The van der Waals surface area contributed by atoms with Crippen LogP contribution in [0, 0.1) is 0 Å². The molecule has 13 heavy (non-hydrogen) atoms. The van der Waals surface area contributed by atoms with Crippen LogP contribution in [0.2, 0.25) is 0 Å². The lowest BCUT2D eigenvalue weighted by Crippen LogP contribution is -2.33. The third-order valence-corrected chi connectivity index (χ3v) is 2.10. The molecule has 0 aromatic carbocycles. The Labute approximate surface area is 78.6 Å². The Bertz CT molecular complexity index is 268. The van der Waals surface area contributed by atoms with Gasteiger partial charge in [-0.05, 0) is 20.9 Å². The lowest BCUT2D eigenvalue weighted by molar-refractivity contribution is 0.0591. The second-order valence-electron chi connectivity index (χ2n) is 3.39. The summed E-state index contributed by atoms with van der Waals surface area (Å²) in [7, 11) is 1.82. The van der Waals surface area contributed by atoms with Crippen LogP contribution < -0.4 is 5.32 Å². The molecule has 4 nitrogen and oxygen atoms in total. The Balaban J connectivity index is 2.80. The van der Waals surface area contributed by atoms with Crippen LogP contribution in [0.5, 0.6) is 0 Å². The minimum Gasteiger partial charge on any atom is -0.384 e. The Morgan fingerprint density at radius 2 is 2.38 bits per heavy atom. The van der Waals surface area contributed by atoms with Gasteiger partial charge < -0.3 is 10.4 Å². The van der Waals surface area contributed by atoms with Gasteiger partial charge in [-0.3, -0.25) is 4.68 Å². The Kier molecular flexibility index (Phi) is 3.06. The van der Waals surface area contributed by atoms with Gasteiger partial charge in [0.15, 0.2) is 0 Å². The third kappa shape index (κ3) is 2.29. The number of rotatable bonds is 4. The van der Waals surface area contributed by atoms with Gasteiger partial charge in [-0.15, -0.1) is 0 Å². The fourth-order valence-corrected chi connectivity index (χ4v) is 1.26. The summed E-state index contributed by atoms with van der Waals surface area (Å²) in [6.07, 6.45) is 3.58. The molecule has 1 rings (SSSR count). The number of nitrogens with zero attached hydrogens (tertiary/aromatic N) is 2. The van der Waals surface area contributed by atoms with Crippen LogP contribution in [0.25, 0.3) is 0 Å². The van der Waals surface area contributed by atoms with Crippen LogP contribution in [-0.2, 0) is 12.1 Å².